The van der Waals surface area contributed by atoms with Crippen LogP contribution in [0.15, 0.2) is 4.52 Å². The largest absolute Gasteiger partial charge is 0.361 e. The quantitative estimate of drug-likeness (QED) is 0.739. The summed E-state index contributed by atoms with van der Waals surface area (Å²) >= 11 is 0. The molecule has 1 aliphatic rings. The van der Waals surface area contributed by atoms with Gasteiger partial charge in [0.05, 0.1) is 5.69 Å². The third kappa shape index (κ3) is 2.42. The fourth-order valence-corrected chi connectivity index (χ4v) is 2.67. The van der Waals surface area contributed by atoms with E-state index in [0.29, 0.717) is 0 Å². The molecule has 0 bridgehead atoms. The van der Waals surface area contributed by atoms with Crippen molar-refractivity contribution in [3.63, 3.8) is 0 Å². The van der Waals surface area contributed by atoms with Crippen LogP contribution in [0.3, 0.4) is 0 Å². The van der Waals surface area contributed by atoms with Gasteiger partial charge in [0.1, 0.15) is 5.76 Å². The summed E-state index contributed by atoms with van der Waals surface area (Å²) in [5.74, 6) is 2.71. The van der Waals surface area contributed by atoms with Gasteiger partial charge < -0.3 is 4.52 Å². The first-order chi connectivity index (χ1) is 7.16. The highest BCUT2D eigenvalue weighted by atomic mass is 16.5. The molecular formula is C13H21NO. The van der Waals surface area contributed by atoms with Crippen molar-refractivity contribution in [2.24, 2.45) is 11.8 Å². The van der Waals surface area contributed by atoms with E-state index in [1.807, 2.05) is 6.92 Å². The van der Waals surface area contributed by atoms with Crippen LogP contribution in [0.2, 0.25) is 0 Å². The summed E-state index contributed by atoms with van der Waals surface area (Å²) in [6.45, 7) is 6.48. The van der Waals surface area contributed by atoms with Crippen molar-refractivity contribution in [3.8, 4) is 0 Å². The van der Waals surface area contributed by atoms with Crippen molar-refractivity contribution >= 4 is 0 Å². The number of nitrogens with zero attached hydrogens (tertiary/aromatic N) is 1. The average Bonchev–Trinajstić information content (AvgIpc) is 2.50. The van der Waals surface area contributed by atoms with Crippen LogP contribution in [-0.2, 0) is 6.42 Å². The zero-order chi connectivity index (χ0) is 10.8. The molecule has 0 saturated heterocycles. The van der Waals surface area contributed by atoms with Crippen molar-refractivity contribution in [2.45, 2.75) is 52.9 Å². The van der Waals surface area contributed by atoms with Gasteiger partial charge >= 0.3 is 0 Å². The minimum atomic E-state index is 0.831. The molecule has 1 fully saturated rings. The third-order valence-electron chi connectivity index (χ3n) is 3.78. The first kappa shape index (κ1) is 10.7. The van der Waals surface area contributed by atoms with Crippen LogP contribution >= 0.6 is 0 Å². The Labute approximate surface area is 92.0 Å². The van der Waals surface area contributed by atoms with Crippen molar-refractivity contribution in [1.29, 1.82) is 0 Å². The molecule has 1 heterocycles. The molecule has 1 aromatic heterocycles. The van der Waals surface area contributed by atoms with Crippen LogP contribution in [0.1, 0.15) is 49.6 Å². The first-order valence-electron chi connectivity index (χ1n) is 6.08. The van der Waals surface area contributed by atoms with E-state index in [-0.39, 0.29) is 0 Å². The number of rotatable bonds is 2. The molecule has 1 aliphatic carbocycles. The summed E-state index contributed by atoms with van der Waals surface area (Å²) in [5.41, 5.74) is 2.44. The fraction of sp³-hybridized carbons (Fsp3) is 0.769. The van der Waals surface area contributed by atoms with Crippen LogP contribution in [0.5, 0.6) is 0 Å². The van der Waals surface area contributed by atoms with E-state index in [0.717, 1.165) is 24.0 Å². The van der Waals surface area contributed by atoms with Gasteiger partial charge in [0, 0.05) is 5.56 Å². The van der Waals surface area contributed by atoms with Gasteiger partial charge in [-0.05, 0) is 38.5 Å². The van der Waals surface area contributed by atoms with Gasteiger partial charge in [-0.1, -0.05) is 31.3 Å². The predicted octanol–water partition coefficient (Wildman–Crippen LogP) is 3.66. The smallest absolute Gasteiger partial charge is 0.136 e. The van der Waals surface area contributed by atoms with Gasteiger partial charge in [-0.25, -0.2) is 0 Å². The minimum absolute atomic E-state index is 0.831. The number of aromatic nitrogens is 1. The molecule has 0 radical (unpaired) electrons. The van der Waals surface area contributed by atoms with E-state index in [9.17, 15) is 0 Å². The summed E-state index contributed by atoms with van der Waals surface area (Å²) in [6, 6.07) is 0. The molecule has 2 unspecified atom stereocenters. The Hall–Kier alpha value is -0.790. The van der Waals surface area contributed by atoms with E-state index in [4.69, 9.17) is 4.52 Å². The highest BCUT2D eigenvalue weighted by Crippen LogP contribution is 2.31. The van der Waals surface area contributed by atoms with E-state index in [1.165, 1.54) is 36.9 Å². The van der Waals surface area contributed by atoms with Gasteiger partial charge in [0.15, 0.2) is 0 Å². The first-order valence-corrected chi connectivity index (χ1v) is 6.08. The van der Waals surface area contributed by atoms with Crippen LogP contribution < -0.4 is 0 Å². The molecule has 1 saturated carbocycles. The molecule has 0 aliphatic heterocycles. The van der Waals surface area contributed by atoms with Gasteiger partial charge in [-0.3, -0.25) is 0 Å². The summed E-state index contributed by atoms with van der Waals surface area (Å²) in [7, 11) is 0. The Bertz CT molecular complexity index is 329. The molecule has 0 spiro atoms. The molecule has 0 amide bonds. The van der Waals surface area contributed by atoms with Crippen molar-refractivity contribution < 1.29 is 4.52 Å². The van der Waals surface area contributed by atoms with Gasteiger partial charge in [-0.15, -0.1) is 0 Å². The highest BCUT2D eigenvalue weighted by molar-refractivity contribution is 5.20. The molecule has 0 aromatic carbocycles. The zero-order valence-electron chi connectivity index (χ0n) is 10.0. The Balaban J connectivity index is 1.99. The highest BCUT2D eigenvalue weighted by Gasteiger charge is 2.21. The van der Waals surface area contributed by atoms with Crippen LogP contribution in [0, 0.1) is 25.7 Å². The molecule has 84 valence electrons. The summed E-state index contributed by atoms with van der Waals surface area (Å²) in [6.07, 6.45) is 6.66. The number of aryl methyl sites for hydroxylation is 1. The third-order valence-corrected chi connectivity index (χ3v) is 3.78. The standard InChI is InChI=1S/C13H21NO/c1-9-5-4-6-12(7-9)8-13-10(2)11(3)15-14-13/h9,12H,4-8H2,1-3H3. The van der Waals surface area contributed by atoms with Crippen LogP contribution in [0.4, 0.5) is 0 Å². The average molecular weight is 207 g/mol. The monoisotopic (exact) mass is 207 g/mol. The molecule has 1 aromatic rings. The summed E-state index contributed by atoms with van der Waals surface area (Å²) < 4.78 is 5.21. The van der Waals surface area contributed by atoms with Gasteiger partial charge in [-0.2, -0.15) is 0 Å². The van der Waals surface area contributed by atoms with Crippen molar-refractivity contribution in [1.82, 2.24) is 5.16 Å². The second kappa shape index (κ2) is 4.38. The Morgan fingerprint density at radius 1 is 1.33 bits per heavy atom. The second-order valence-corrected chi connectivity index (χ2v) is 5.15. The predicted molar refractivity (Wildman–Crippen MR) is 60.8 cm³/mol. The zero-order valence-corrected chi connectivity index (χ0v) is 10.0. The van der Waals surface area contributed by atoms with Crippen LogP contribution in [-0.4, -0.2) is 5.16 Å². The van der Waals surface area contributed by atoms with Gasteiger partial charge in [0.25, 0.3) is 0 Å². The maximum absolute atomic E-state index is 5.21. The molecule has 0 N–H and O–H groups in total. The maximum atomic E-state index is 5.21. The lowest BCUT2D eigenvalue weighted by atomic mass is 9.80. The Morgan fingerprint density at radius 3 is 2.73 bits per heavy atom. The molecular weight excluding hydrogens is 186 g/mol. The molecule has 2 rings (SSSR count). The van der Waals surface area contributed by atoms with E-state index < -0.39 is 0 Å². The van der Waals surface area contributed by atoms with E-state index in [2.05, 4.69) is 19.0 Å². The van der Waals surface area contributed by atoms with Crippen molar-refractivity contribution in [3.05, 3.63) is 17.0 Å². The lowest BCUT2D eigenvalue weighted by molar-refractivity contribution is 0.276. The normalized spacial score (nSPS) is 26.9. The van der Waals surface area contributed by atoms with E-state index in [1.54, 1.807) is 0 Å². The molecule has 2 heteroatoms. The van der Waals surface area contributed by atoms with Crippen molar-refractivity contribution in [2.75, 3.05) is 0 Å². The van der Waals surface area contributed by atoms with Crippen LogP contribution in [0.25, 0.3) is 0 Å². The number of hydrogen-bond acceptors (Lipinski definition) is 2. The Kier molecular flexibility index (Phi) is 3.13. The lowest BCUT2D eigenvalue weighted by Gasteiger charge is -2.26. The molecule has 2 nitrogen and oxygen atoms in total. The number of hydrogen-bond donors (Lipinski definition) is 0. The SMILES string of the molecule is Cc1onc(CC2CCCC(C)C2)c1C. The topological polar surface area (TPSA) is 26.0 Å². The summed E-state index contributed by atoms with van der Waals surface area (Å²) in [4.78, 5) is 0. The molecule has 15 heavy (non-hydrogen) atoms. The minimum Gasteiger partial charge on any atom is -0.361 e. The van der Waals surface area contributed by atoms with E-state index >= 15 is 0 Å². The molecule has 2 atom stereocenters. The summed E-state index contributed by atoms with van der Waals surface area (Å²) in [5, 5.41) is 4.16. The lowest BCUT2D eigenvalue weighted by Crippen LogP contribution is -2.15. The fourth-order valence-electron chi connectivity index (χ4n) is 2.67. The Morgan fingerprint density at radius 2 is 2.13 bits per heavy atom. The maximum Gasteiger partial charge on any atom is 0.136 e. The van der Waals surface area contributed by atoms with Gasteiger partial charge in [0.2, 0.25) is 0 Å². The second-order valence-electron chi connectivity index (χ2n) is 5.15.